The molecule has 18 heavy (non-hydrogen) atoms. The molecular formula is C14H18Cl2O2. The van der Waals surface area contributed by atoms with Crippen molar-refractivity contribution in [3.05, 3.63) is 28.8 Å². The molecule has 0 aromatic heterocycles. The summed E-state index contributed by atoms with van der Waals surface area (Å²) >= 11 is 11.8. The molecule has 1 aromatic carbocycles. The Morgan fingerprint density at radius 2 is 2.28 bits per heavy atom. The van der Waals surface area contributed by atoms with Crippen LogP contribution < -0.4 is 4.74 Å². The van der Waals surface area contributed by atoms with Gasteiger partial charge in [0.1, 0.15) is 5.75 Å². The van der Waals surface area contributed by atoms with Crippen LogP contribution in [0.3, 0.4) is 0 Å². The van der Waals surface area contributed by atoms with Gasteiger partial charge in [-0.25, -0.2) is 0 Å². The Balaban J connectivity index is 1.72. The van der Waals surface area contributed by atoms with Gasteiger partial charge in [0.15, 0.2) is 0 Å². The summed E-state index contributed by atoms with van der Waals surface area (Å²) < 4.78 is 11.2. The fourth-order valence-electron chi connectivity index (χ4n) is 2.11. The van der Waals surface area contributed by atoms with Crippen LogP contribution in [0.2, 0.25) is 5.02 Å². The van der Waals surface area contributed by atoms with Gasteiger partial charge in [-0.15, -0.1) is 11.6 Å². The van der Waals surface area contributed by atoms with Crippen LogP contribution in [-0.4, -0.2) is 19.3 Å². The molecule has 1 saturated heterocycles. The Kier molecular flexibility index (Phi) is 5.61. The van der Waals surface area contributed by atoms with Crippen LogP contribution in [0.5, 0.6) is 5.75 Å². The summed E-state index contributed by atoms with van der Waals surface area (Å²) in [6, 6.07) is 5.67. The number of halogens is 2. The largest absolute Gasteiger partial charge is 0.492 e. The first kappa shape index (κ1) is 14.0. The first-order chi connectivity index (χ1) is 8.79. The van der Waals surface area contributed by atoms with E-state index in [4.69, 9.17) is 32.7 Å². The number of ether oxygens (including phenoxy) is 2. The minimum atomic E-state index is 0.433. The molecule has 1 aliphatic heterocycles. The lowest BCUT2D eigenvalue weighted by atomic mass is 10.1. The standard InChI is InChI=1S/C14H18Cl2O2/c15-10-11-5-6-14(13(16)9-11)18-8-2-4-12-3-1-7-17-12/h5-6,9,12H,1-4,7-8,10H2. The molecule has 0 amide bonds. The van der Waals surface area contributed by atoms with Crippen molar-refractivity contribution in [3.63, 3.8) is 0 Å². The van der Waals surface area contributed by atoms with Crippen molar-refractivity contribution in [2.75, 3.05) is 13.2 Å². The molecule has 4 heteroatoms. The summed E-state index contributed by atoms with van der Waals surface area (Å²) in [7, 11) is 0. The van der Waals surface area contributed by atoms with E-state index in [1.807, 2.05) is 18.2 Å². The summed E-state index contributed by atoms with van der Waals surface area (Å²) in [4.78, 5) is 0. The van der Waals surface area contributed by atoms with E-state index in [9.17, 15) is 0 Å². The summed E-state index contributed by atoms with van der Waals surface area (Å²) in [5.41, 5.74) is 1.01. The summed E-state index contributed by atoms with van der Waals surface area (Å²) in [6.07, 6.45) is 4.88. The van der Waals surface area contributed by atoms with Crippen LogP contribution in [0.25, 0.3) is 0 Å². The predicted octanol–water partition coefficient (Wildman–Crippen LogP) is 4.42. The van der Waals surface area contributed by atoms with Crippen molar-refractivity contribution in [3.8, 4) is 5.75 Å². The fraction of sp³-hybridized carbons (Fsp3) is 0.571. The molecular weight excluding hydrogens is 271 g/mol. The zero-order valence-corrected chi connectivity index (χ0v) is 11.8. The second kappa shape index (κ2) is 7.22. The molecule has 1 aromatic rings. The molecule has 1 heterocycles. The van der Waals surface area contributed by atoms with Crippen LogP contribution in [-0.2, 0) is 10.6 Å². The summed E-state index contributed by atoms with van der Waals surface area (Å²) in [5, 5.41) is 0.630. The topological polar surface area (TPSA) is 18.5 Å². The molecule has 0 saturated carbocycles. The van der Waals surface area contributed by atoms with Gasteiger partial charge in [0.05, 0.1) is 17.7 Å². The molecule has 1 atom stereocenters. The van der Waals surface area contributed by atoms with Gasteiger partial charge in [-0.3, -0.25) is 0 Å². The number of rotatable bonds is 6. The molecule has 100 valence electrons. The van der Waals surface area contributed by atoms with Crippen molar-refractivity contribution in [1.82, 2.24) is 0 Å². The van der Waals surface area contributed by atoms with E-state index in [0.29, 0.717) is 23.6 Å². The average Bonchev–Trinajstić information content (AvgIpc) is 2.89. The first-order valence-corrected chi connectivity index (χ1v) is 7.29. The maximum absolute atomic E-state index is 6.11. The molecule has 0 N–H and O–H groups in total. The fourth-order valence-corrected chi connectivity index (χ4v) is 2.53. The third kappa shape index (κ3) is 4.04. The van der Waals surface area contributed by atoms with E-state index in [1.165, 1.54) is 12.8 Å². The Bertz CT molecular complexity index is 376. The zero-order chi connectivity index (χ0) is 12.8. The summed E-state index contributed by atoms with van der Waals surface area (Å²) in [5.74, 6) is 1.21. The van der Waals surface area contributed by atoms with E-state index in [1.54, 1.807) is 0 Å². The summed E-state index contributed by atoms with van der Waals surface area (Å²) in [6.45, 7) is 1.59. The van der Waals surface area contributed by atoms with Crippen LogP contribution in [0, 0.1) is 0 Å². The molecule has 2 nitrogen and oxygen atoms in total. The Morgan fingerprint density at radius 1 is 1.39 bits per heavy atom. The van der Waals surface area contributed by atoms with Gasteiger partial charge in [0.2, 0.25) is 0 Å². The van der Waals surface area contributed by atoms with Crippen LogP contribution in [0.15, 0.2) is 18.2 Å². The second-order valence-electron chi connectivity index (χ2n) is 4.52. The number of alkyl halides is 1. The molecule has 1 fully saturated rings. The molecule has 0 radical (unpaired) electrons. The highest BCUT2D eigenvalue weighted by atomic mass is 35.5. The van der Waals surface area contributed by atoms with Gasteiger partial charge in [0.25, 0.3) is 0 Å². The van der Waals surface area contributed by atoms with Crippen molar-refractivity contribution in [2.24, 2.45) is 0 Å². The van der Waals surface area contributed by atoms with Gasteiger partial charge in [0, 0.05) is 12.5 Å². The van der Waals surface area contributed by atoms with Gasteiger partial charge in [-0.05, 0) is 43.4 Å². The van der Waals surface area contributed by atoms with Crippen molar-refractivity contribution in [1.29, 1.82) is 0 Å². The van der Waals surface area contributed by atoms with E-state index >= 15 is 0 Å². The Hall–Kier alpha value is -0.440. The molecule has 0 aliphatic carbocycles. The van der Waals surface area contributed by atoms with Crippen molar-refractivity contribution < 1.29 is 9.47 Å². The maximum Gasteiger partial charge on any atom is 0.137 e. The minimum absolute atomic E-state index is 0.433. The SMILES string of the molecule is ClCc1ccc(OCCCC2CCCO2)c(Cl)c1. The molecule has 0 spiro atoms. The lowest BCUT2D eigenvalue weighted by molar-refractivity contribution is 0.0981. The van der Waals surface area contributed by atoms with Gasteiger partial charge in [-0.1, -0.05) is 17.7 Å². The number of benzene rings is 1. The van der Waals surface area contributed by atoms with Crippen molar-refractivity contribution >= 4 is 23.2 Å². The van der Waals surface area contributed by atoms with Crippen LogP contribution in [0.4, 0.5) is 0 Å². The highest BCUT2D eigenvalue weighted by Crippen LogP contribution is 2.26. The van der Waals surface area contributed by atoms with Gasteiger partial charge >= 0.3 is 0 Å². The third-order valence-corrected chi connectivity index (χ3v) is 3.71. The molecule has 0 bridgehead atoms. The molecule has 1 unspecified atom stereocenters. The van der Waals surface area contributed by atoms with Crippen LogP contribution >= 0.6 is 23.2 Å². The van der Waals surface area contributed by atoms with E-state index < -0.39 is 0 Å². The third-order valence-electron chi connectivity index (χ3n) is 3.10. The van der Waals surface area contributed by atoms with E-state index in [2.05, 4.69) is 0 Å². The van der Waals surface area contributed by atoms with E-state index in [0.717, 1.165) is 30.8 Å². The van der Waals surface area contributed by atoms with Gasteiger partial charge < -0.3 is 9.47 Å². The maximum atomic E-state index is 6.11. The second-order valence-corrected chi connectivity index (χ2v) is 5.20. The molecule has 1 aliphatic rings. The Morgan fingerprint density at radius 3 is 2.94 bits per heavy atom. The lowest BCUT2D eigenvalue weighted by Crippen LogP contribution is -2.07. The smallest absolute Gasteiger partial charge is 0.137 e. The number of hydrogen-bond acceptors (Lipinski definition) is 2. The predicted molar refractivity (Wildman–Crippen MR) is 74.7 cm³/mol. The average molecular weight is 289 g/mol. The zero-order valence-electron chi connectivity index (χ0n) is 10.3. The first-order valence-electron chi connectivity index (χ1n) is 6.38. The Labute approximate surface area is 118 Å². The van der Waals surface area contributed by atoms with Crippen LogP contribution in [0.1, 0.15) is 31.2 Å². The van der Waals surface area contributed by atoms with Crippen molar-refractivity contribution in [2.45, 2.75) is 37.7 Å². The number of hydrogen-bond donors (Lipinski definition) is 0. The van der Waals surface area contributed by atoms with E-state index in [-0.39, 0.29) is 0 Å². The quantitative estimate of drug-likeness (QED) is 0.570. The normalized spacial score (nSPS) is 19.1. The monoisotopic (exact) mass is 288 g/mol. The highest BCUT2D eigenvalue weighted by Gasteiger charge is 2.14. The van der Waals surface area contributed by atoms with Gasteiger partial charge in [-0.2, -0.15) is 0 Å². The minimum Gasteiger partial charge on any atom is -0.492 e. The molecule has 2 rings (SSSR count). The highest BCUT2D eigenvalue weighted by molar-refractivity contribution is 6.32. The lowest BCUT2D eigenvalue weighted by Gasteiger charge is -2.11.